The lowest BCUT2D eigenvalue weighted by molar-refractivity contribution is -0.121. The largest absolute Gasteiger partial charge is 0.326 e. The van der Waals surface area contributed by atoms with Crippen molar-refractivity contribution in [1.29, 1.82) is 0 Å². The number of anilines is 1. The van der Waals surface area contributed by atoms with Crippen LogP contribution >= 0.6 is 0 Å². The summed E-state index contributed by atoms with van der Waals surface area (Å²) in [5.41, 5.74) is 6.85. The summed E-state index contributed by atoms with van der Waals surface area (Å²) in [6.45, 7) is 1.76. The van der Waals surface area contributed by atoms with Crippen LogP contribution in [0.2, 0.25) is 0 Å². The first-order chi connectivity index (χ1) is 12.1. The topological polar surface area (TPSA) is 87.3 Å². The molecule has 3 amide bonds. The number of amides is 3. The van der Waals surface area contributed by atoms with Gasteiger partial charge >= 0.3 is 0 Å². The molecule has 0 fully saturated rings. The minimum absolute atomic E-state index is 0.0946. The summed E-state index contributed by atoms with van der Waals surface area (Å²) in [7, 11) is 0. The van der Waals surface area contributed by atoms with Crippen LogP contribution in [0.25, 0.3) is 0 Å². The first-order valence-corrected chi connectivity index (χ1v) is 8.11. The molecule has 0 radical (unpaired) electrons. The second-order valence-corrected chi connectivity index (χ2v) is 5.47. The third kappa shape index (κ3) is 6.10. The zero-order chi connectivity index (χ0) is 18.1. The highest BCUT2D eigenvalue weighted by atomic mass is 16.2. The Balaban J connectivity index is 1.77. The number of carbonyl (C=O) groups excluding carboxylic acids is 3. The van der Waals surface area contributed by atoms with Crippen molar-refractivity contribution in [2.75, 3.05) is 5.32 Å². The molecule has 0 saturated heterocycles. The number of hydrazine groups is 1. The maximum atomic E-state index is 12.0. The fourth-order valence-electron chi connectivity index (χ4n) is 2.12. The zero-order valence-corrected chi connectivity index (χ0v) is 14.0. The van der Waals surface area contributed by atoms with Crippen LogP contribution in [0.3, 0.4) is 0 Å². The highest BCUT2D eigenvalue weighted by molar-refractivity contribution is 5.96. The van der Waals surface area contributed by atoms with Gasteiger partial charge in [-0.1, -0.05) is 37.3 Å². The Morgan fingerprint density at radius 3 is 2.16 bits per heavy atom. The average molecular weight is 339 g/mol. The maximum Gasteiger partial charge on any atom is 0.269 e. The standard InChI is InChI=1S/C19H21N3O3/c1-2-17(23)20-16-11-9-15(10-12-16)19(25)22-21-18(24)13-8-14-6-4-3-5-7-14/h3-7,9-12H,2,8,13H2,1H3,(H,20,23)(H,21,24)(H,22,25). The Morgan fingerprint density at radius 2 is 1.52 bits per heavy atom. The molecule has 6 nitrogen and oxygen atoms in total. The molecule has 130 valence electrons. The van der Waals surface area contributed by atoms with Crippen molar-refractivity contribution < 1.29 is 14.4 Å². The summed E-state index contributed by atoms with van der Waals surface area (Å²) in [4.78, 5) is 35.1. The van der Waals surface area contributed by atoms with Crippen molar-refractivity contribution in [2.45, 2.75) is 26.2 Å². The van der Waals surface area contributed by atoms with E-state index in [9.17, 15) is 14.4 Å². The number of benzene rings is 2. The van der Waals surface area contributed by atoms with E-state index in [1.54, 1.807) is 31.2 Å². The number of aryl methyl sites for hydroxylation is 1. The molecule has 0 atom stereocenters. The molecule has 0 spiro atoms. The molecule has 0 aromatic heterocycles. The van der Waals surface area contributed by atoms with Crippen LogP contribution in [0.5, 0.6) is 0 Å². The van der Waals surface area contributed by atoms with Crippen molar-refractivity contribution in [3.63, 3.8) is 0 Å². The third-order valence-electron chi connectivity index (χ3n) is 3.55. The summed E-state index contributed by atoms with van der Waals surface area (Å²) in [6.07, 6.45) is 1.28. The molecule has 0 aliphatic heterocycles. The fraction of sp³-hybridized carbons (Fsp3) is 0.211. The van der Waals surface area contributed by atoms with E-state index < -0.39 is 5.91 Å². The van der Waals surface area contributed by atoms with Gasteiger partial charge in [-0.05, 0) is 36.2 Å². The molecule has 0 unspecified atom stereocenters. The lowest BCUT2D eigenvalue weighted by Gasteiger charge is -2.08. The molecule has 6 heteroatoms. The molecule has 0 heterocycles. The van der Waals surface area contributed by atoms with Gasteiger partial charge in [-0.15, -0.1) is 0 Å². The summed E-state index contributed by atoms with van der Waals surface area (Å²) >= 11 is 0. The van der Waals surface area contributed by atoms with Crippen molar-refractivity contribution in [3.8, 4) is 0 Å². The van der Waals surface area contributed by atoms with Crippen molar-refractivity contribution in [3.05, 3.63) is 65.7 Å². The second kappa shape index (κ2) is 9.22. The fourth-order valence-corrected chi connectivity index (χ4v) is 2.12. The minimum atomic E-state index is -0.415. The molecule has 2 rings (SSSR count). The van der Waals surface area contributed by atoms with Gasteiger partial charge in [-0.2, -0.15) is 0 Å². The van der Waals surface area contributed by atoms with Gasteiger partial charge in [-0.25, -0.2) is 0 Å². The second-order valence-electron chi connectivity index (χ2n) is 5.47. The molecule has 3 N–H and O–H groups in total. The SMILES string of the molecule is CCC(=O)Nc1ccc(C(=O)NNC(=O)CCc2ccccc2)cc1. The molecule has 0 saturated carbocycles. The summed E-state index contributed by atoms with van der Waals surface area (Å²) in [5, 5.41) is 2.70. The highest BCUT2D eigenvalue weighted by Gasteiger charge is 2.08. The predicted molar refractivity (Wildman–Crippen MR) is 95.7 cm³/mol. The van der Waals surface area contributed by atoms with Crippen molar-refractivity contribution >= 4 is 23.4 Å². The average Bonchev–Trinajstić information content (AvgIpc) is 2.65. The lowest BCUT2D eigenvalue weighted by Crippen LogP contribution is -2.41. The number of carbonyl (C=O) groups is 3. The monoisotopic (exact) mass is 339 g/mol. The Bertz CT molecular complexity index is 727. The Kier molecular flexibility index (Phi) is 6.71. The van der Waals surface area contributed by atoms with Crippen LogP contribution in [-0.4, -0.2) is 17.7 Å². The molecule has 0 aliphatic rings. The number of nitrogens with one attached hydrogen (secondary N) is 3. The minimum Gasteiger partial charge on any atom is -0.326 e. The smallest absolute Gasteiger partial charge is 0.269 e. The number of hydrogen-bond donors (Lipinski definition) is 3. The Hall–Kier alpha value is -3.15. The van der Waals surface area contributed by atoms with E-state index in [1.807, 2.05) is 30.3 Å². The Labute approximate surface area is 146 Å². The first kappa shape index (κ1) is 18.2. The van der Waals surface area contributed by atoms with Crippen LogP contribution in [0.4, 0.5) is 5.69 Å². The van der Waals surface area contributed by atoms with Gasteiger partial charge in [0, 0.05) is 24.1 Å². The lowest BCUT2D eigenvalue weighted by atomic mass is 10.1. The molecule has 25 heavy (non-hydrogen) atoms. The number of hydrogen-bond acceptors (Lipinski definition) is 3. The van der Waals surface area contributed by atoms with Gasteiger partial charge < -0.3 is 5.32 Å². The van der Waals surface area contributed by atoms with E-state index in [0.29, 0.717) is 24.1 Å². The van der Waals surface area contributed by atoms with Gasteiger partial charge in [0.1, 0.15) is 0 Å². The van der Waals surface area contributed by atoms with Crippen LogP contribution in [0.15, 0.2) is 54.6 Å². The van der Waals surface area contributed by atoms with Gasteiger partial charge in [0.15, 0.2) is 0 Å². The van der Waals surface area contributed by atoms with Crippen LogP contribution in [0.1, 0.15) is 35.7 Å². The van der Waals surface area contributed by atoms with Gasteiger partial charge in [0.2, 0.25) is 11.8 Å². The third-order valence-corrected chi connectivity index (χ3v) is 3.55. The van der Waals surface area contributed by atoms with Crippen LogP contribution in [-0.2, 0) is 16.0 Å². The van der Waals surface area contributed by atoms with E-state index in [4.69, 9.17) is 0 Å². The summed E-state index contributed by atoms with van der Waals surface area (Å²) in [6, 6.07) is 16.1. The summed E-state index contributed by atoms with van der Waals surface area (Å²) in [5.74, 6) is -0.770. The molecule has 2 aromatic carbocycles. The van der Waals surface area contributed by atoms with E-state index in [2.05, 4.69) is 16.2 Å². The van der Waals surface area contributed by atoms with Crippen molar-refractivity contribution in [1.82, 2.24) is 10.9 Å². The van der Waals surface area contributed by atoms with Gasteiger partial charge in [0.25, 0.3) is 5.91 Å². The molecule has 0 bridgehead atoms. The first-order valence-electron chi connectivity index (χ1n) is 8.11. The zero-order valence-electron chi connectivity index (χ0n) is 14.0. The normalized spacial score (nSPS) is 9.96. The quantitative estimate of drug-likeness (QED) is 0.706. The summed E-state index contributed by atoms with van der Waals surface area (Å²) < 4.78 is 0. The Morgan fingerprint density at radius 1 is 0.840 bits per heavy atom. The molecular formula is C19H21N3O3. The van der Waals surface area contributed by atoms with Crippen LogP contribution < -0.4 is 16.2 Å². The van der Waals surface area contributed by atoms with E-state index in [-0.39, 0.29) is 18.2 Å². The maximum absolute atomic E-state index is 12.0. The predicted octanol–water partition coefficient (Wildman–Crippen LogP) is 2.43. The van der Waals surface area contributed by atoms with Crippen LogP contribution in [0, 0.1) is 0 Å². The van der Waals surface area contributed by atoms with Gasteiger partial charge in [0.05, 0.1) is 0 Å². The molecule has 2 aromatic rings. The van der Waals surface area contributed by atoms with Gasteiger partial charge in [-0.3, -0.25) is 25.2 Å². The van der Waals surface area contributed by atoms with Crippen molar-refractivity contribution in [2.24, 2.45) is 0 Å². The van der Waals surface area contributed by atoms with E-state index in [1.165, 1.54) is 0 Å². The molecule has 0 aliphatic carbocycles. The number of rotatable bonds is 6. The highest BCUT2D eigenvalue weighted by Crippen LogP contribution is 2.09. The van der Waals surface area contributed by atoms with E-state index >= 15 is 0 Å². The van der Waals surface area contributed by atoms with E-state index in [0.717, 1.165) is 5.56 Å². The molecular weight excluding hydrogens is 318 g/mol.